The van der Waals surface area contributed by atoms with Crippen molar-refractivity contribution in [1.29, 1.82) is 5.26 Å². The van der Waals surface area contributed by atoms with Crippen LogP contribution >= 0.6 is 0 Å². The fourth-order valence-corrected chi connectivity index (χ4v) is 1.92. The first-order valence-electron chi connectivity index (χ1n) is 6.60. The highest BCUT2D eigenvalue weighted by Crippen LogP contribution is 2.20. The van der Waals surface area contributed by atoms with Gasteiger partial charge < -0.3 is 9.47 Å². The van der Waals surface area contributed by atoms with E-state index >= 15 is 0 Å². The molecule has 2 aliphatic carbocycles. The lowest BCUT2D eigenvalue weighted by Crippen LogP contribution is -2.11. The Morgan fingerprint density at radius 1 is 1.24 bits per heavy atom. The highest BCUT2D eigenvalue weighted by atomic mass is 16.5. The van der Waals surface area contributed by atoms with Gasteiger partial charge in [0.2, 0.25) is 6.10 Å². The number of hydrogen-bond acceptors (Lipinski definition) is 4. The number of ether oxygens (including phenoxy) is 2. The molecule has 21 heavy (non-hydrogen) atoms. The van der Waals surface area contributed by atoms with E-state index in [-0.39, 0.29) is 6.47 Å². The van der Waals surface area contributed by atoms with Crippen LogP contribution in [0.25, 0.3) is 0 Å². The molecule has 0 bridgehead atoms. The highest BCUT2D eigenvalue weighted by molar-refractivity contribution is 5.43. The molecule has 0 spiro atoms. The highest BCUT2D eigenvalue weighted by Gasteiger charge is 2.13. The van der Waals surface area contributed by atoms with Crippen molar-refractivity contribution in [2.24, 2.45) is 0 Å². The molecule has 1 unspecified atom stereocenters. The fraction of sp³-hybridized carbons (Fsp3) is 0.176. The summed E-state index contributed by atoms with van der Waals surface area (Å²) in [5.41, 5.74) is 0.645. The Labute approximate surface area is 123 Å². The van der Waals surface area contributed by atoms with E-state index in [0.717, 1.165) is 17.9 Å². The van der Waals surface area contributed by atoms with E-state index in [1.165, 1.54) is 0 Å². The summed E-state index contributed by atoms with van der Waals surface area (Å²) in [5, 5.41) is 8.98. The van der Waals surface area contributed by atoms with Crippen LogP contribution in [0.2, 0.25) is 0 Å². The summed E-state index contributed by atoms with van der Waals surface area (Å²) in [5.74, 6) is 1.55. The third-order valence-electron chi connectivity index (χ3n) is 2.93. The van der Waals surface area contributed by atoms with Gasteiger partial charge in [-0.05, 0) is 24.6 Å². The second kappa shape index (κ2) is 7.71. The molecule has 0 aromatic heterocycles. The van der Waals surface area contributed by atoms with Crippen molar-refractivity contribution in [2.45, 2.75) is 18.9 Å². The predicted octanol–water partition coefficient (Wildman–Crippen LogP) is 3.24. The van der Waals surface area contributed by atoms with Crippen molar-refractivity contribution in [3.63, 3.8) is 0 Å². The zero-order valence-electron chi connectivity index (χ0n) is 11.4. The van der Waals surface area contributed by atoms with Crippen LogP contribution in [0.5, 0.6) is 0 Å². The average molecular weight is 281 g/mol. The van der Waals surface area contributed by atoms with Crippen LogP contribution in [0.3, 0.4) is 0 Å². The van der Waals surface area contributed by atoms with Gasteiger partial charge >= 0.3 is 0 Å². The maximum atomic E-state index is 10.4. The van der Waals surface area contributed by atoms with E-state index < -0.39 is 6.10 Å². The summed E-state index contributed by atoms with van der Waals surface area (Å²) in [4.78, 5) is 10.4. The number of allylic oxidation sites excluding steroid dienone is 8. The number of carbonyl (C=O) groups is 1. The van der Waals surface area contributed by atoms with E-state index in [2.05, 4.69) is 0 Å². The zero-order valence-corrected chi connectivity index (χ0v) is 11.4. The number of hydrogen-bond donors (Lipinski definition) is 0. The topological polar surface area (TPSA) is 59.3 Å². The van der Waals surface area contributed by atoms with Gasteiger partial charge in [-0.1, -0.05) is 36.5 Å². The van der Waals surface area contributed by atoms with Gasteiger partial charge in [0.05, 0.1) is 0 Å². The second-order valence-electron chi connectivity index (χ2n) is 4.37. The van der Waals surface area contributed by atoms with Gasteiger partial charge in [-0.15, -0.1) is 0 Å². The van der Waals surface area contributed by atoms with E-state index in [9.17, 15) is 4.79 Å². The monoisotopic (exact) mass is 281 g/mol. The van der Waals surface area contributed by atoms with Gasteiger partial charge in [-0.3, -0.25) is 4.79 Å². The van der Waals surface area contributed by atoms with Gasteiger partial charge in [0.25, 0.3) is 6.47 Å². The van der Waals surface area contributed by atoms with Crippen LogP contribution in [0.15, 0.2) is 71.8 Å². The Balaban J connectivity index is 2.03. The average Bonchev–Trinajstić information content (AvgIpc) is 2.88. The SMILES string of the molecule is N#CC(OC=O)C1=CCC(OC2=CCC=CC=C2)=CC=C1. The van der Waals surface area contributed by atoms with Crippen molar-refractivity contribution < 1.29 is 14.3 Å². The van der Waals surface area contributed by atoms with Gasteiger partial charge in [0, 0.05) is 12.0 Å². The van der Waals surface area contributed by atoms with Crippen molar-refractivity contribution in [1.82, 2.24) is 0 Å². The van der Waals surface area contributed by atoms with Gasteiger partial charge in [0.15, 0.2) is 0 Å². The molecule has 0 saturated heterocycles. The largest absolute Gasteiger partial charge is 0.462 e. The molecule has 4 heteroatoms. The van der Waals surface area contributed by atoms with E-state index in [0.29, 0.717) is 12.0 Å². The fourth-order valence-electron chi connectivity index (χ4n) is 1.92. The molecule has 106 valence electrons. The van der Waals surface area contributed by atoms with Crippen LogP contribution < -0.4 is 0 Å². The maximum absolute atomic E-state index is 10.4. The van der Waals surface area contributed by atoms with Crippen molar-refractivity contribution >= 4 is 6.47 Å². The summed E-state index contributed by atoms with van der Waals surface area (Å²) >= 11 is 0. The van der Waals surface area contributed by atoms with Gasteiger partial charge in [-0.25, -0.2) is 0 Å². The number of carbonyl (C=O) groups excluding carboxylic acids is 1. The van der Waals surface area contributed by atoms with E-state index in [1.54, 1.807) is 12.2 Å². The Kier molecular flexibility index (Phi) is 5.36. The minimum absolute atomic E-state index is 0.284. The lowest BCUT2D eigenvalue weighted by Gasteiger charge is -2.09. The molecular weight excluding hydrogens is 266 g/mol. The molecule has 2 aliphatic rings. The smallest absolute Gasteiger partial charge is 0.294 e. The molecule has 0 aliphatic heterocycles. The summed E-state index contributed by atoms with van der Waals surface area (Å²) in [6.45, 7) is 0.284. The molecule has 4 nitrogen and oxygen atoms in total. The molecule has 0 fully saturated rings. The summed E-state index contributed by atoms with van der Waals surface area (Å²) in [6, 6.07) is 1.94. The molecule has 0 heterocycles. The number of nitriles is 1. The standard InChI is InChI=1S/C17H15NO3/c18-12-17(20-13-19)14-6-5-9-16(11-10-14)21-15-7-3-1-2-4-8-15/h1-3,5-10,13,17H,4,11H2. The van der Waals surface area contributed by atoms with Crippen molar-refractivity contribution in [2.75, 3.05) is 0 Å². The molecule has 0 saturated carbocycles. The van der Waals surface area contributed by atoms with E-state index in [4.69, 9.17) is 14.7 Å². The predicted molar refractivity (Wildman–Crippen MR) is 78.5 cm³/mol. The van der Waals surface area contributed by atoms with Crippen LogP contribution in [0.1, 0.15) is 12.8 Å². The van der Waals surface area contributed by atoms with E-state index in [1.807, 2.05) is 48.6 Å². The Morgan fingerprint density at radius 3 is 2.95 bits per heavy atom. The zero-order chi connectivity index (χ0) is 14.9. The minimum atomic E-state index is -0.882. The van der Waals surface area contributed by atoms with Crippen molar-refractivity contribution in [3.8, 4) is 6.07 Å². The lowest BCUT2D eigenvalue weighted by molar-refractivity contribution is -0.129. The first kappa shape index (κ1) is 14.6. The Hall–Kier alpha value is -2.80. The third-order valence-corrected chi connectivity index (χ3v) is 2.93. The Morgan fingerprint density at radius 2 is 2.14 bits per heavy atom. The molecule has 1 atom stereocenters. The molecule has 0 aromatic carbocycles. The summed E-state index contributed by atoms with van der Waals surface area (Å²) in [7, 11) is 0. The minimum Gasteiger partial charge on any atom is -0.462 e. The van der Waals surface area contributed by atoms with Gasteiger partial charge in [0.1, 0.15) is 17.6 Å². The van der Waals surface area contributed by atoms with Crippen LogP contribution in [-0.4, -0.2) is 12.6 Å². The summed E-state index contributed by atoms with van der Waals surface area (Å²) in [6.07, 6.45) is 17.5. The normalized spacial score (nSPS) is 18.3. The van der Waals surface area contributed by atoms with Crippen LogP contribution in [-0.2, 0) is 14.3 Å². The quantitative estimate of drug-likeness (QED) is 0.726. The van der Waals surface area contributed by atoms with Crippen molar-refractivity contribution in [3.05, 3.63) is 71.8 Å². The Bertz CT molecular complexity index is 612. The molecule has 0 N–H and O–H groups in total. The van der Waals surface area contributed by atoms with Crippen LogP contribution in [0.4, 0.5) is 0 Å². The number of nitrogens with zero attached hydrogens (tertiary/aromatic N) is 1. The lowest BCUT2D eigenvalue weighted by atomic mass is 10.1. The first-order chi connectivity index (χ1) is 10.3. The van der Waals surface area contributed by atoms with Crippen LogP contribution in [0, 0.1) is 11.3 Å². The molecule has 0 aromatic rings. The number of rotatable bonds is 5. The molecular formula is C17H15NO3. The molecule has 0 amide bonds. The second-order valence-corrected chi connectivity index (χ2v) is 4.37. The van der Waals surface area contributed by atoms with Gasteiger partial charge in [-0.2, -0.15) is 5.26 Å². The molecule has 0 radical (unpaired) electrons. The summed E-state index contributed by atoms with van der Waals surface area (Å²) < 4.78 is 10.6. The molecule has 2 rings (SSSR count). The maximum Gasteiger partial charge on any atom is 0.294 e. The first-order valence-corrected chi connectivity index (χ1v) is 6.60. The third kappa shape index (κ3) is 4.36.